The van der Waals surface area contributed by atoms with Crippen molar-refractivity contribution in [1.82, 2.24) is 15.0 Å². The summed E-state index contributed by atoms with van der Waals surface area (Å²) in [5.41, 5.74) is 8.49. The molecule has 0 bridgehead atoms. The van der Waals surface area contributed by atoms with E-state index in [9.17, 15) is 5.11 Å². The molecule has 1 aromatic carbocycles. The van der Waals surface area contributed by atoms with Crippen molar-refractivity contribution in [2.45, 2.75) is 6.92 Å². The van der Waals surface area contributed by atoms with Gasteiger partial charge in [-0.2, -0.15) is 4.68 Å². The molecule has 2 heterocycles. The van der Waals surface area contributed by atoms with Crippen molar-refractivity contribution in [2.24, 2.45) is 0 Å². The van der Waals surface area contributed by atoms with Crippen molar-refractivity contribution in [3.63, 3.8) is 0 Å². The number of aromatic nitrogens is 3. The minimum atomic E-state index is 0.221. The van der Waals surface area contributed by atoms with Crippen LogP contribution >= 0.6 is 11.3 Å². The normalized spacial score (nSPS) is 10.8. The van der Waals surface area contributed by atoms with Crippen LogP contribution in [0.5, 0.6) is 5.75 Å². The number of hydrogen-bond acceptors (Lipinski definition) is 5. The molecule has 0 spiro atoms. The summed E-state index contributed by atoms with van der Waals surface area (Å²) in [6, 6.07) is 8.95. The first kappa shape index (κ1) is 11.7. The second-order valence-corrected chi connectivity index (χ2v) is 5.13. The third-order valence-corrected chi connectivity index (χ3v) is 3.74. The van der Waals surface area contributed by atoms with E-state index in [1.165, 1.54) is 0 Å². The van der Waals surface area contributed by atoms with Crippen molar-refractivity contribution in [3.8, 4) is 22.0 Å². The molecule has 2 aromatic heterocycles. The minimum Gasteiger partial charge on any atom is -0.508 e. The highest BCUT2D eigenvalue weighted by molar-refractivity contribution is 7.13. The largest absolute Gasteiger partial charge is 0.508 e. The van der Waals surface area contributed by atoms with Crippen LogP contribution in [0.25, 0.3) is 16.3 Å². The number of thiophene rings is 1. The maximum atomic E-state index is 9.43. The number of hydrogen-bond donors (Lipinski definition) is 2. The zero-order chi connectivity index (χ0) is 13.4. The molecule has 6 heteroatoms. The molecule has 0 aliphatic heterocycles. The molecule has 96 valence electrons. The van der Waals surface area contributed by atoms with E-state index in [4.69, 9.17) is 5.73 Å². The van der Waals surface area contributed by atoms with Crippen LogP contribution in [0, 0.1) is 6.92 Å². The molecule has 0 aliphatic rings. The summed E-state index contributed by atoms with van der Waals surface area (Å²) in [4.78, 5) is 0.986. The Kier molecular flexibility index (Phi) is 2.72. The van der Waals surface area contributed by atoms with Gasteiger partial charge in [0.2, 0.25) is 0 Å². The highest BCUT2D eigenvalue weighted by atomic mass is 32.1. The summed E-state index contributed by atoms with van der Waals surface area (Å²) in [5.74, 6) is 0.717. The number of aromatic hydroxyl groups is 1. The van der Waals surface area contributed by atoms with Gasteiger partial charge in [-0.3, -0.25) is 0 Å². The van der Waals surface area contributed by atoms with Crippen LogP contribution in [-0.4, -0.2) is 20.1 Å². The molecule has 0 aliphatic carbocycles. The zero-order valence-corrected chi connectivity index (χ0v) is 11.1. The maximum absolute atomic E-state index is 9.43. The fourth-order valence-corrected chi connectivity index (χ4v) is 2.65. The highest BCUT2D eigenvalue weighted by Crippen LogP contribution is 2.30. The van der Waals surface area contributed by atoms with E-state index in [0.29, 0.717) is 11.5 Å². The molecular formula is C13H12N4OS. The van der Waals surface area contributed by atoms with E-state index < -0.39 is 0 Å². The molecule has 3 aromatic rings. The van der Waals surface area contributed by atoms with Crippen molar-refractivity contribution < 1.29 is 5.11 Å². The Morgan fingerprint density at radius 1 is 1.32 bits per heavy atom. The monoisotopic (exact) mass is 272 g/mol. The molecule has 3 N–H and O–H groups in total. The van der Waals surface area contributed by atoms with Crippen molar-refractivity contribution in [1.29, 1.82) is 0 Å². The van der Waals surface area contributed by atoms with Gasteiger partial charge in [-0.15, -0.1) is 16.4 Å². The Labute approximate surface area is 113 Å². The van der Waals surface area contributed by atoms with E-state index in [0.717, 1.165) is 16.1 Å². The molecule has 3 rings (SSSR count). The standard InChI is InChI=1S/C13H12N4OS/c1-8-7-9(18)4-5-10(8)17-13(14)12(15-16-17)11-3-2-6-19-11/h2-7,18H,14H2,1H3. The van der Waals surface area contributed by atoms with Crippen molar-refractivity contribution >= 4 is 17.2 Å². The Morgan fingerprint density at radius 3 is 2.84 bits per heavy atom. The van der Waals surface area contributed by atoms with Gasteiger partial charge < -0.3 is 10.8 Å². The summed E-state index contributed by atoms with van der Waals surface area (Å²) < 4.78 is 1.59. The minimum absolute atomic E-state index is 0.221. The molecule has 0 fully saturated rings. The summed E-state index contributed by atoms with van der Waals surface area (Å²) in [6.45, 7) is 1.89. The van der Waals surface area contributed by atoms with Crippen molar-refractivity contribution in [2.75, 3.05) is 5.73 Å². The lowest BCUT2D eigenvalue weighted by molar-refractivity contribution is 0.474. The molecule has 5 nitrogen and oxygen atoms in total. The number of anilines is 1. The van der Waals surface area contributed by atoms with Crippen molar-refractivity contribution in [3.05, 3.63) is 41.3 Å². The van der Waals surface area contributed by atoms with Crippen LogP contribution in [0.15, 0.2) is 35.7 Å². The van der Waals surface area contributed by atoms with Crippen LogP contribution in [0.1, 0.15) is 5.56 Å². The van der Waals surface area contributed by atoms with Gasteiger partial charge in [-0.05, 0) is 42.1 Å². The molecular weight excluding hydrogens is 260 g/mol. The smallest absolute Gasteiger partial charge is 0.156 e. The lowest BCUT2D eigenvalue weighted by Gasteiger charge is -2.07. The van der Waals surface area contributed by atoms with Crippen LogP contribution in [-0.2, 0) is 0 Å². The average Bonchev–Trinajstić information content (AvgIpc) is 2.99. The van der Waals surface area contributed by atoms with E-state index in [1.807, 2.05) is 24.4 Å². The fourth-order valence-electron chi connectivity index (χ4n) is 1.93. The molecule has 0 radical (unpaired) electrons. The second kappa shape index (κ2) is 4.40. The SMILES string of the molecule is Cc1cc(O)ccc1-n1nnc(-c2cccs2)c1N. The predicted octanol–water partition coefficient (Wildman–Crippen LogP) is 2.59. The van der Waals surface area contributed by atoms with Gasteiger partial charge in [-0.1, -0.05) is 11.3 Å². The summed E-state index contributed by atoms with van der Waals surface area (Å²) in [7, 11) is 0. The third kappa shape index (κ3) is 1.96. The lowest BCUT2D eigenvalue weighted by Crippen LogP contribution is -2.03. The number of phenolic OH excluding ortho intramolecular Hbond substituents is 1. The summed E-state index contributed by atoms with van der Waals surface area (Å²) in [6.07, 6.45) is 0. The van der Waals surface area contributed by atoms with Gasteiger partial charge in [0.15, 0.2) is 5.82 Å². The van der Waals surface area contributed by atoms with Gasteiger partial charge >= 0.3 is 0 Å². The van der Waals surface area contributed by atoms with E-state index in [2.05, 4.69) is 10.3 Å². The summed E-state index contributed by atoms with van der Waals surface area (Å²) >= 11 is 1.57. The number of nitrogens with two attached hydrogens (primary N) is 1. The Morgan fingerprint density at radius 2 is 2.16 bits per heavy atom. The van der Waals surface area contributed by atoms with Gasteiger partial charge in [0.1, 0.15) is 11.4 Å². The van der Waals surface area contributed by atoms with E-state index in [-0.39, 0.29) is 5.75 Å². The van der Waals surface area contributed by atoms with Gasteiger partial charge in [-0.25, -0.2) is 0 Å². The van der Waals surface area contributed by atoms with Crippen LogP contribution in [0.4, 0.5) is 5.82 Å². The number of nitrogen functional groups attached to an aromatic ring is 1. The zero-order valence-electron chi connectivity index (χ0n) is 10.2. The molecule has 0 saturated carbocycles. The molecule has 0 saturated heterocycles. The van der Waals surface area contributed by atoms with Gasteiger partial charge in [0.05, 0.1) is 10.6 Å². The van der Waals surface area contributed by atoms with Crippen LogP contribution < -0.4 is 5.73 Å². The Balaban J connectivity index is 2.12. The quantitative estimate of drug-likeness (QED) is 0.751. The number of phenols is 1. The Bertz CT molecular complexity index is 718. The Hall–Kier alpha value is -2.34. The number of aryl methyl sites for hydroxylation is 1. The highest BCUT2D eigenvalue weighted by Gasteiger charge is 2.15. The first-order chi connectivity index (χ1) is 9.16. The first-order valence-electron chi connectivity index (χ1n) is 5.72. The molecule has 0 amide bonds. The average molecular weight is 272 g/mol. The molecule has 19 heavy (non-hydrogen) atoms. The topological polar surface area (TPSA) is 77.0 Å². The first-order valence-corrected chi connectivity index (χ1v) is 6.60. The van der Waals surface area contributed by atoms with E-state index >= 15 is 0 Å². The third-order valence-electron chi connectivity index (χ3n) is 2.87. The number of nitrogens with zero attached hydrogens (tertiary/aromatic N) is 3. The van der Waals surface area contributed by atoms with E-state index in [1.54, 1.807) is 34.2 Å². The fraction of sp³-hybridized carbons (Fsp3) is 0.0769. The lowest BCUT2D eigenvalue weighted by atomic mass is 10.2. The van der Waals surface area contributed by atoms with Crippen LogP contribution in [0.2, 0.25) is 0 Å². The van der Waals surface area contributed by atoms with Gasteiger partial charge in [0.25, 0.3) is 0 Å². The maximum Gasteiger partial charge on any atom is 0.156 e. The van der Waals surface area contributed by atoms with Crippen LogP contribution in [0.3, 0.4) is 0 Å². The number of benzene rings is 1. The summed E-state index contributed by atoms with van der Waals surface area (Å²) in [5, 5.41) is 19.6. The molecule has 0 unspecified atom stereocenters. The second-order valence-electron chi connectivity index (χ2n) is 4.18. The predicted molar refractivity (Wildman–Crippen MR) is 75.5 cm³/mol. The number of rotatable bonds is 2. The van der Waals surface area contributed by atoms with Gasteiger partial charge in [0, 0.05) is 0 Å². The molecule has 0 atom stereocenters.